The van der Waals surface area contributed by atoms with Crippen molar-refractivity contribution >= 4 is 0 Å². The second-order valence-electron chi connectivity index (χ2n) is 9.77. The van der Waals surface area contributed by atoms with E-state index in [4.69, 9.17) is 0 Å². The maximum absolute atomic E-state index is 10.7. The Labute approximate surface area is 137 Å². The molecular weight excluding hydrogens is 268 g/mol. The van der Waals surface area contributed by atoms with Crippen LogP contribution in [0, 0.1) is 40.4 Å². The van der Waals surface area contributed by atoms with Crippen LogP contribution in [0.4, 0.5) is 0 Å². The molecule has 1 nitrogen and oxygen atoms in total. The summed E-state index contributed by atoms with van der Waals surface area (Å²) >= 11 is 0. The normalized spacial score (nSPS) is 57.8. The van der Waals surface area contributed by atoms with Crippen molar-refractivity contribution in [1.82, 2.24) is 0 Å². The smallest absolute Gasteiger partial charge is 0.0576 e. The van der Waals surface area contributed by atoms with Crippen LogP contribution in [0.25, 0.3) is 0 Å². The van der Waals surface area contributed by atoms with Gasteiger partial charge in [0.05, 0.1) is 6.10 Å². The maximum atomic E-state index is 10.7. The lowest BCUT2D eigenvalue weighted by molar-refractivity contribution is -0.111. The summed E-state index contributed by atoms with van der Waals surface area (Å²) in [4.78, 5) is 0. The predicted molar refractivity (Wildman–Crippen MR) is 91.5 cm³/mol. The van der Waals surface area contributed by atoms with Crippen LogP contribution in [-0.4, -0.2) is 11.2 Å². The second kappa shape index (κ2) is 5.23. The van der Waals surface area contributed by atoms with Gasteiger partial charge in [-0.25, -0.2) is 0 Å². The van der Waals surface area contributed by atoms with Crippen LogP contribution in [-0.2, 0) is 0 Å². The first kappa shape index (κ1) is 15.5. The summed E-state index contributed by atoms with van der Waals surface area (Å²) in [5.74, 6) is 4.28. The molecule has 4 aliphatic carbocycles. The fourth-order valence-corrected chi connectivity index (χ4v) is 8.15. The van der Waals surface area contributed by atoms with E-state index >= 15 is 0 Å². The Kier molecular flexibility index (Phi) is 3.68. The van der Waals surface area contributed by atoms with Gasteiger partial charge in [0.25, 0.3) is 0 Å². The summed E-state index contributed by atoms with van der Waals surface area (Å²) in [5.41, 5.74) is 1.07. The molecule has 4 rings (SSSR count). The van der Waals surface area contributed by atoms with Gasteiger partial charge in [0.1, 0.15) is 0 Å². The number of aliphatic hydroxyl groups is 1. The molecule has 22 heavy (non-hydrogen) atoms. The minimum Gasteiger partial charge on any atom is -0.393 e. The molecule has 1 unspecified atom stereocenters. The average Bonchev–Trinajstić information content (AvgIpc) is 2.76. The zero-order chi connectivity index (χ0) is 15.5. The summed E-state index contributed by atoms with van der Waals surface area (Å²) in [6, 6.07) is 0. The quantitative estimate of drug-likeness (QED) is 0.686. The molecule has 4 aliphatic rings. The number of hydrogen-bond acceptors (Lipinski definition) is 1. The SMILES string of the molecule is CC[C@H]1[C@H](O)C[C@H]2[C@@H]3CCC4CCCC[C@]4(C)[C@@H]3CC[C@@]21C. The highest BCUT2D eigenvalue weighted by molar-refractivity contribution is 5.10. The van der Waals surface area contributed by atoms with Gasteiger partial charge in [0, 0.05) is 0 Å². The predicted octanol–water partition coefficient (Wildman–Crippen LogP) is 5.42. The standard InChI is InChI=1S/C21H36O/c1-4-16-19(22)13-18-15-9-8-14-7-5-6-11-20(14,2)17(15)10-12-21(16,18)3/h14-19,22H,4-13H2,1-3H3/t14?,15-,16+,17-,18+,19-,20+,21-/m1/s1. The van der Waals surface area contributed by atoms with E-state index in [-0.39, 0.29) is 6.10 Å². The third kappa shape index (κ3) is 1.93. The lowest BCUT2D eigenvalue weighted by atomic mass is 9.45. The van der Waals surface area contributed by atoms with Gasteiger partial charge in [0.15, 0.2) is 0 Å². The number of fused-ring (bicyclic) bond motifs is 5. The number of rotatable bonds is 1. The molecule has 0 aromatic rings. The zero-order valence-electron chi connectivity index (χ0n) is 15.0. The fourth-order valence-electron chi connectivity index (χ4n) is 8.15. The highest BCUT2D eigenvalue weighted by Crippen LogP contribution is 2.67. The van der Waals surface area contributed by atoms with E-state index in [9.17, 15) is 5.11 Å². The summed E-state index contributed by atoms with van der Waals surface area (Å²) < 4.78 is 0. The summed E-state index contributed by atoms with van der Waals surface area (Å²) in [6.07, 6.45) is 14.0. The van der Waals surface area contributed by atoms with Gasteiger partial charge in [-0.1, -0.05) is 40.0 Å². The monoisotopic (exact) mass is 304 g/mol. The fraction of sp³-hybridized carbons (Fsp3) is 1.00. The van der Waals surface area contributed by atoms with Crippen LogP contribution in [0.2, 0.25) is 0 Å². The first-order valence-electron chi connectivity index (χ1n) is 10.2. The lowest BCUT2D eigenvalue weighted by Gasteiger charge is -2.60. The van der Waals surface area contributed by atoms with Crippen LogP contribution in [0.1, 0.15) is 85.0 Å². The average molecular weight is 305 g/mol. The van der Waals surface area contributed by atoms with Crippen LogP contribution in [0.3, 0.4) is 0 Å². The van der Waals surface area contributed by atoms with Gasteiger partial charge in [-0.15, -0.1) is 0 Å². The maximum Gasteiger partial charge on any atom is 0.0576 e. The van der Waals surface area contributed by atoms with Crippen molar-refractivity contribution in [3.05, 3.63) is 0 Å². The van der Waals surface area contributed by atoms with Crippen molar-refractivity contribution in [3.8, 4) is 0 Å². The van der Waals surface area contributed by atoms with Gasteiger partial charge in [-0.05, 0) is 85.4 Å². The lowest BCUT2D eigenvalue weighted by Crippen LogP contribution is -2.52. The van der Waals surface area contributed by atoms with Crippen molar-refractivity contribution in [2.75, 3.05) is 0 Å². The molecule has 0 heterocycles. The van der Waals surface area contributed by atoms with Crippen LogP contribution >= 0.6 is 0 Å². The van der Waals surface area contributed by atoms with E-state index in [1.165, 1.54) is 57.8 Å². The highest BCUT2D eigenvalue weighted by atomic mass is 16.3. The van der Waals surface area contributed by atoms with E-state index in [0.717, 1.165) is 30.1 Å². The van der Waals surface area contributed by atoms with E-state index in [2.05, 4.69) is 20.8 Å². The molecule has 0 amide bonds. The molecule has 0 aromatic carbocycles. The van der Waals surface area contributed by atoms with Gasteiger partial charge in [-0.3, -0.25) is 0 Å². The molecule has 4 fully saturated rings. The molecule has 1 heteroatoms. The van der Waals surface area contributed by atoms with Crippen LogP contribution < -0.4 is 0 Å². The van der Waals surface area contributed by atoms with Gasteiger partial charge in [-0.2, -0.15) is 0 Å². The summed E-state index contributed by atoms with van der Waals surface area (Å²) in [5, 5.41) is 10.7. The minimum atomic E-state index is -0.0179. The molecule has 0 saturated heterocycles. The van der Waals surface area contributed by atoms with E-state index in [0.29, 0.717) is 16.7 Å². The molecule has 4 saturated carbocycles. The molecule has 0 spiro atoms. The van der Waals surface area contributed by atoms with Crippen molar-refractivity contribution in [3.63, 3.8) is 0 Å². The zero-order valence-corrected chi connectivity index (χ0v) is 15.0. The number of hydrogen-bond donors (Lipinski definition) is 1. The van der Waals surface area contributed by atoms with Gasteiger partial charge in [0.2, 0.25) is 0 Å². The Bertz CT molecular complexity index is 426. The first-order chi connectivity index (χ1) is 10.5. The summed E-state index contributed by atoms with van der Waals surface area (Å²) in [7, 11) is 0. The van der Waals surface area contributed by atoms with Crippen molar-refractivity contribution in [2.45, 2.75) is 91.1 Å². The Hall–Kier alpha value is -0.0400. The third-order valence-corrected chi connectivity index (χ3v) is 9.27. The van der Waals surface area contributed by atoms with Crippen molar-refractivity contribution < 1.29 is 5.11 Å². The van der Waals surface area contributed by atoms with Crippen LogP contribution in [0.15, 0.2) is 0 Å². The molecule has 0 aliphatic heterocycles. The topological polar surface area (TPSA) is 20.2 Å². The highest BCUT2D eigenvalue weighted by Gasteiger charge is 2.61. The Morgan fingerprint density at radius 1 is 0.909 bits per heavy atom. The Balaban J connectivity index is 1.64. The molecule has 1 N–H and O–H groups in total. The molecule has 126 valence electrons. The third-order valence-electron chi connectivity index (χ3n) is 9.27. The molecule has 8 atom stereocenters. The minimum absolute atomic E-state index is 0.0179. The van der Waals surface area contributed by atoms with Crippen molar-refractivity contribution in [2.24, 2.45) is 40.4 Å². The van der Waals surface area contributed by atoms with E-state index < -0.39 is 0 Å². The first-order valence-corrected chi connectivity index (χ1v) is 10.2. The van der Waals surface area contributed by atoms with E-state index in [1.54, 1.807) is 0 Å². The number of aliphatic hydroxyl groups excluding tert-OH is 1. The second-order valence-corrected chi connectivity index (χ2v) is 9.77. The van der Waals surface area contributed by atoms with Gasteiger partial charge >= 0.3 is 0 Å². The molecule has 0 bridgehead atoms. The molecular formula is C21H36O. The Morgan fingerprint density at radius 3 is 2.50 bits per heavy atom. The van der Waals surface area contributed by atoms with Crippen LogP contribution in [0.5, 0.6) is 0 Å². The van der Waals surface area contributed by atoms with Gasteiger partial charge < -0.3 is 5.11 Å². The van der Waals surface area contributed by atoms with E-state index in [1.807, 2.05) is 0 Å². The molecule has 0 radical (unpaired) electrons. The largest absolute Gasteiger partial charge is 0.393 e. The van der Waals surface area contributed by atoms with Crippen molar-refractivity contribution in [1.29, 1.82) is 0 Å². The summed E-state index contributed by atoms with van der Waals surface area (Å²) in [6.45, 7) is 7.49. The Morgan fingerprint density at radius 2 is 1.73 bits per heavy atom. The molecule has 0 aromatic heterocycles.